The summed E-state index contributed by atoms with van der Waals surface area (Å²) in [5, 5.41) is 1.27. The fraction of sp³-hybridized carbons (Fsp3) is 0.0780. The van der Waals surface area contributed by atoms with Crippen LogP contribution < -0.4 is 14.2 Å². The molecule has 4 aromatic rings. The van der Waals surface area contributed by atoms with E-state index in [4.69, 9.17) is 14.2 Å². The van der Waals surface area contributed by atoms with Crippen molar-refractivity contribution < 1.29 is 14.2 Å². The number of rotatable bonds is 5. The average Bonchev–Trinajstić information content (AvgIpc) is 1.66. The van der Waals surface area contributed by atoms with Crippen LogP contribution in [0.1, 0.15) is 53.4 Å². The molecule has 0 spiro atoms. The van der Waals surface area contributed by atoms with Crippen LogP contribution in [0, 0.1) is 658 Å². The zero-order valence-electron chi connectivity index (χ0n) is 77.0. The Hall–Kier alpha value is -27.6. The number of fused-ring (bicyclic) bond motifs is 6. The molecule has 5 nitrogen and oxygen atoms in total. The minimum absolute atomic E-state index is 0.327. The van der Waals surface area contributed by atoms with E-state index in [0.717, 1.165) is 48.7 Å². The SMILES string of the molecule is CC#CC#CC#CC#CC#CC#CC#CC#CC#CC#CC#CC#CC#CC#CC#CC#CC#CC#CC#CC#CC#CC#CC#CC#CC#CC#CC#CC#CC#CC#CC#CC#CC#CC#CC#CC#CC#CC#CC#CC#CC#CC#CC#CC#CC#CC#CC#CC#CC#CC#CC#CC#CC#CC#CC#CC.COc1ccc2[nH]c3c(c2c1)CC1c2cc(OCc4cccc(C)c4)c(OC)cc2CCN1C3. The third kappa shape index (κ3) is 58.7. The third-order valence-corrected chi connectivity index (χ3v) is 14.3. The molecule has 1 atom stereocenters. The highest BCUT2D eigenvalue weighted by Crippen LogP contribution is 2.44. The predicted octanol–water partition coefficient (Wildman–Crippen LogP) is 6.94. The number of aromatic amines is 1. The van der Waals surface area contributed by atoms with Crippen molar-refractivity contribution in [2.24, 2.45) is 0 Å². The molecule has 0 saturated carbocycles. The Labute approximate surface area is 859 Å². The summed E-state index contributed by atoms with van der Waals surface area (Å²) in [7, 11) is 3.45. The lowest BCUT2D eigenvalue weighted by atomic mass is 9.85. The molecule has 0 radical (unpaired) electrons. The number of hydrogen-bond acceptors (Lipinski definition) is 4. The maximum Gasteiger partial charge on any atom is 0.162 e. The summed E-state index contributed by atoms with van der Waals surface area (Å²) in [5.74, 6) is 278. The zero-order chi connectivity index (χ0) is 103. The van der Waals surface area contributed by atoms with Crippen molar-refractivity contribution in [1.82, 2.24) is 9.88 Å². The van der Waals surface area contributed by atoms with Crippen LogP contribution in [0.4, 0.5) is 0 Å². The summed E-state index contributed by atoms with van der Waals surface area (Å²) < 4.78 is 17.5. The summed E-state index contributed by atoms with van der Waals surface area (Å²) in [6.45, 7) is 7.97. The van der Waals surface area contributed by atoms with E-state index >= 15 is 0 Å². The van der Waals surface area contributed by atoms with Crippen LogP contribution in [-0.4, -0.2) is 30.6 Å². The number of benzene rings is 3. The van der Waals surface area contributed by atoms with Gasteiger partial charge in [0.15, 0.2) is 11.5 Å². The van der Waals surface area contributed by atoms with Crippen molar-refractivity contribution in [1.29, 1.82) is 0 Å². The quantitative estimate of drug-likeness (QED) is 0.221. The Morgan fingerprint density at radius 2 is 0.493 bits per heavy atom. The van der Waals surface area contributed by atoms with Crippen LogP contribution in [0.5, 0.6) is 17.2 Å². The van der Waals surface area contributed by atoms with Gasteiger partial charge in [-0.15, -0.1) is 0 Å². The van der Waals surface area contributed by atoms with Gasteiger partial charge in [0.05, 0.1) is 14.2 Å². The molecule has 3 aromatic carbocycles. The molecule has 628 valence electrons. The molecule has 0 bridgehead atoms. The van der Waals surface area contributed by atoms with Gasteiger partial charge in [-0.2, -0.15) is 0 Å². The van der Waals surface area contributed by atoms with E-state index in [-0.39, 0.29) is 0 Å². The lowest BCUT2D eigenvalue weighted by Crippen LogP contribution is -2.39. The van der Waals surface area contributed by atoms with Gasteiger partial charge >= 0.3 is 0 Å². The standard InChI is InChI=1S/C112H6.C29H30N2O3/c1-3-5-7-9-11-13-15-17-19-21-23-25-27-29-31-33-35-37-39-41-43-45-47-49-51-53-55-57-59-61-63-65-67-69-71-73-75-77-79-81-83-85-87-89-91-93-95-97-99-101-103-105-107-109-111-112-110-108-106-104-102-100-98-96-94-92-90-88-86-84-82-80-78-76-74-72-70-68-66-64-62-60-58-56-54-52-50-48-46-44-42-40-38-36-34-32-30-28-26-24-22-20-18-16-14-12-10-8-6-4-2;1-18-5-4-6-19(11-18)17-34-29-15-22-20(12-28(29)33-3)9-10-31-16-26-24(14-27(22)31)23-13-21(32-2)7-8-25(23)30-26/h1-2H3;4-8,11-13,15,27,30H,9-10,14,16-17H2,1-3H3. The summed E-state index contributed by atoms with van der Waals surface area (Å²) in [6.07, 6.45) is 1.99. The number of nitrogens with one attached hydrogen (secondary N) is 1. The molecule has 1 aromatic heterocycles. The van der Waals surface area contributed by atoms with Gasteiger partial charge in [0.25, 0.3) is 0 Å². The van der Waals surface area contributed by atoms with Crippen molar-refractivity contribution in [3.8, 4) is 668 Å². The molecule has 5 heteroatoms. The van der Waals surface area contributed by atoms with Crippen molar-refractivity contribution >= 4 is 10.9 Å². The smallest absolute Gasteiger partial charge is 0.162 e. The van der Waals surface area contributed by atoms with Crippen LogP contribution in [0.25, 0.3) is 10.9 Å². The Morgan fingerprint density at radius 1 is 0.260 bits per heavy atom. The van der Waals surface area contributed by atoms with Crippen LogP contribution in [0.3, 0.4) is 0 Å². The maximum absolute atomic E-state index is 6.30. The highest BCUT2D eigenvalue weighted by Gasteiger charge is 2.35. The predicted molar refractivity (Wildman–Crippen MR) is 573 cm³/mol. The highest BCUT2D eigenvalue weighted by atomic mass is 16.5. The topological polar surface area (TPSA) is 46.7 Å². The molecule has 2 aliphatic rings. The van der Waals surface area contributed by atoms with Gasteiger partial charge in [0.2, 0.25) is 0 Å². The zero-order valence-corrected chi connectivity index (χ0v) is 77.0. The molecule has 146 heavy (non-hydrogen) atoms. The summed E-state index contributed by atoms with van der Waals surface area (Å²) in [6, 6.07) is 19.5. The summed E-state index contributed by atoms with van der Waals surface area (Å²) in [4.78, 5) is 6.25. The van der Waals surface area contributed by atoms with E-state index in [1.54, 1.807) is 28.1 Å². The molecule has 0 fully saturated rings. The molecule has 3 heterocycles. The van der Waals surface area contributed by atoms with E-state index in [2.05, 4.69) is 717 Å². The van der Waals surface area contributed by atoms with Gasteiger partial charge in [0, 0.05) is 580 Å². The van der Waals surface area contributed by atoms with E-state index in [1.807, 2.05) is 6.07 Å². The number of nitrogens with zero attached hydrogens (tertiary/aromatic N) is 1. The number of aryl methyl sites for hydroxylation is 1. The number of ether oxygens (including phenoxy) is 3. The van der Waals surface area contributed by atoms with Gasteiger partial charge in [-0.05, 0) is 181 Å². The fourth-order valence-electron chi connectivity index (χ4n) is 9.04. The van der Waals surface area contributed by atoms with Gasteiger partial charge < -0.3 is 19.2 Å². The largest absolute Gasteiger partial charge is 0.497 e. The molecule has 0 aliphatic carbocycles. The molecule has 6 rings (SSSR count). The molecular formula is C141H36N2O3. The van der Waals surface area contributed by atoms with Gasteiger partial charge in [-0.25, -0.2) is 0 Å². The molecule has 1 N–H and O–H groups in total. The van der Waals surface area contributed by atoms with E-state index < -0.39 is 0 Å². The van der Waals surface area contributed by atoms with Crippen molar-refractivity contribution in [3.63, 3.8) is 0 Å². The molecule has 0 saturated heterocycles. The first kappa shape index (κ1) is 109. The van der Waals surface area contributed by atoms with Crippen LogP contribution in [0.2, 0.25) is 0 Å². The minimum atomic E-state index is 0.327. The Morgan fingerprint density at radius 3 is 0.705 bits per heavy atom. The van der Waals surface area contributed by atoms with Crippen molar-refractivity contribution in [3.05, 3.63) is 88.1 Å². The Balaban J connectivity index is 0.000000903. The first-order chi connectivity index (χ1) is 72.5. The van der Waals surface area contributed by atoms with Crippen LogP contribution >= 0.6 is 0 Å². The average molecular weight is 1810 g/mol. The van der Waals surface area contributed by atoms with E-state index in [1.165, 1.54) is 38.9 Å². The fourth-order valence-corrected chi connectivity index (χ4v) is 9.04. The van der Waals surface area contributed by atoms with Crippen molar-refractivity contribution in [2.45, 2.75) is 52.8 Å². The van der Waals surface area contributed by atoms with Gasteiger partial charge in [-0.1, -0.05) is 41.7 Å². The Bertz CT molecular complexity index is 9640. The van der Waals surface area contributed by atoms with Crippen LogP contribution in [0.15, 0.2) is 54.6 Å². The molecular weight excluding hydrogens is 1770 g/mol. The van der Waals surface area contributed by atoms with Gasteiger partial charge in [0.1, 0.15) is 12.4 Å². The number of hydrogen-bond donors (Lipinski definition) is 1. The van der Waals surface area contributed by atoms with Crippen LogP contribution in [-0.2, 0) is 26.0 Å². The first-order valence-electron chi connectivity index (χ1n) is 40.2. The second-order valence-electron chi connectivity index (χ2n) is 23.4. The Kier molecular flexibility index (Phi) is 61.0. The third-order valence-electron chi connectivity index (χ3n) is 14.3. The molecule has 2 aliphatic heterocycles. The minimum Gasteiger partial charge on any atom is -0.497 e. The first-order valence-corrected chi connectivity index (χ1v) is 40.2. The second kappa shape index (κ2) is 81.8. The van der Waals surface area contributed by atoms with E-state index in [0.29, 0.717) is 12.6 Å². The number of aromatic nitrogens is 1. The number of H-pyrrole nitrogens is 1. The normalized spacial score (nSPS) is 7.03. The highest BCUT2D eigenvalue weighted by molar-refractivity contribution is 5.86. The molecule has 1 unspecified atom stereocenters. The van der Waals surface area contributed by atoms with Gasteiger partial charge in [-0.3, -0.25) is 4.90 Å². The molecule has 0 amide bonds. The lowest BCUT2D eigenvalue weighted by molar-refractivity contribution is 0.158. The van der Waals surface area contributed by atoms with Crippen molar-refractivity contribution in [2.75, 3.05) is 20.8 Å². The second-order valence-corrected chi connectivity index (χ2v) is 23.4. The lowest BCUT2D eigenvalue weighted by Gasteiger charge is -2.40. The number of methoxy groups -OCH3 is 2. The summed E-state index contributed by atoms with van der Waals surface area (Å²) in [5.41, 5.74) is 9.03. The summed E-state index contributed by atoms with van der Waals surface area (Å²) >= 11 is 0. The monoisotopic (exact) mass is 1800 g/mol. The maximum atomic E-state index is 6.30. The van der Waals surface area contributed by atoms with E-state index in [9.17, 15) is 0 Å².